The third-order valence-electron chi connectivity index (χ3n) is 2.13. The second kappa shape index (κ2) is 4.26. The fourth-order valence-corrected chi connectivity index (χ4v) is 1.37. The molecular formula is C11H13BO. The molecule has 0 saturated carbocycles. The zero-order valence-corrected chi connectivity index (χ0v) is 8.13. The van der Waals surface area contributed by atoms with Gasteiger partial charge in [0.05, 0.1) is 0 Å². The van der Waals surface area contributed by atoms with Crippen LogP contribution in [0.15, 0.2) is 18.2 Å². The zero-order chi connectivity index (χ0) is 9.84. The van der Waals surface area contributed by atoms with Crippen molar-refractivity contribution in [3.63, 3.8) is 0 Å². The summed E-state index contributed by atoms with van der Waals surface area (Å²) in [6.07, 6.45) is 1.41. The number of hydrogen-bond acceptors (Lipinski definition) is 1. The standard InChI is InChI=1S/C11H13BO/c1-3-8-7-9(12)5-6-10(8)11(13)4-2/h5-7H,3-4H2,1-2H3. The number of ketones is 1. The molecule has 1 aromatic rings. The van der Waals surface area contributed by atoms with Gasteiger partial charge in [-0.3, -0.25) is 4.79 Å². The Labute approximate surface area is 80.6 Å². The van der Waals surface area contributed by atoms with E-state index < -0.39 is 0 Å². The van der Waals surface area contributed by atoms with Crippen molar-refractivity contribution in [3.05, 3.63) is 29.3 Å². The zero-order valence-electron chi connectivity index (χ0n) is 8.13. The Hall–Kier alpha value is -1.05. The van der Waals surface area contributed by atoms with Crippen LogP contribution in [-0.4, -0.2) is 13.6 Å². The van der Waals surface area contributed by atoms with E-state index in [1.165, 1.54) is 0 Å². The summed E-state index contributed by atoms with van der Waals surface area (Å²) in [5.74, 6) is 0.192. The van der Waals surface area contributed by atoms with Crippen LogP contribution in [0.1, 0.15) is 36.2 Å². The fourth-order valence-electron chi connectivity index (χ4n) is 1.37. The minimum absolute atomic E-state index is 0.192. The molecule has 0 saturated heterocycles. The summed E-state index contributed by atoms with van der Waals surface area (Å²) in [4.78, 5) is 11.5. The summed E-state index contributed by atoms with van der Waals surface area (Å²) in [5, 5.41) is 0. The summed E-state index contributed by atoms with van der Waals surface area (Å²) in [5.41, 5.74) is 2.59. The molecular weight excluding hydrogens is 159 g/mol. The minimum atomic E-state index is 0.192. The molecule has 0 spiro atoms. The summed E-state index contributed by atoms with van der Waals surface area (Å²) in [7, 11) is 5.63. The summed E-state index contributed by atoms with van der Waals surface area (Å²) < 4.78 is 0. The van der Waals surface area contributed by atoms with Crippen molar-refractivity contribution < 1.29 is 4.79 Å². The average Bonchev–Trinajstić information content (AvgIpc) is 2.16. The Morgan fingerprint density at radius 3 is 2.62 bits per heavy atom. The van der Waals surface area contributed by atoms with Gasteiger partial charge in [-0.2, -0.15) is 0 Å². The highest BCUT2D eigenvalue weighted by Crippen LogP contribution is 2.10. The Morgan fingerprint density at radius 1 is 1.38 bits per heavy atom. The summed E-state index contributed by atoms with van der Waals surface area (Å²) in [6.45, 7) is 3.90. The van der Waals surface area contributed by atoms with Gasteiger partial charge in [-0.25, -0.2) is 0 Å². The summed E-state index contributed by atoms with van der Waals surface area (Å²) >= 11 is 0. The highest BCUT2D eigenvalue weighted by atomic mass is 16.1. The Bertz CT molecular complexity index is 318. The van der Waals surface area contributed by atoms with E-state index in [1.54, 1.807) is 6.07 Å². The van der Waals surface area contributed by atoms with Gasteiger partial charge < -0.3 is 0 Å². The maximum Gasteiger partial charge on any atom is 0.162 e. The normalized spacial score (nSPS) is 10.0. The maximum absolute atomic E-state index is 11.5. The molecule has 0 amide bonds. The molecule has 0 bridgehead atoms. The molecule has 0 aliphatic carbocycles. The van der Waals surface area contributed by atoms with Crippen LogP contribution in [0.3, 0.4) is 0 Å². The van der Waals surface area contributed by atoms with E-state index in [0.29, 0.717) is 6.42 Å². The highest BCUT2D eigenvalue weighted by molar-refractivity contribution is 6.32. The van der Waals surface area contributed by atoms with Crippen molar-refractivity contribution in [1.82, 2.24) is 0 Å². The highest BCUT2D eigenvalue weighted by Gasteiger charge is 2.07. The first-order valence-electron chi connectivity index (χ1n) is 4.60. The fraction of sp³-hybridized carbons (Fsp3) is 0.364. The molecule has 1 nitrogen and oxygen atoms in total. The Morgan fingerprint density at radius 2 is 2.08 bits per heavy atom. The number of rotatable bonds is 3. The van der Waals surface area contributed by atoms with Crippen LogP contribution in [-0.2, 0) is 6.42 Å². The van der Waals surface area contributed by atoms with E-state index in [4.69, 9.17) is 7.85 Å². The molecule has 1 rings (SSSR count). The van der Waals surface area contributed by atoms with Gasteiger partial charge in [-0.1, -0.05) is 37.5 Å². The molecule has 0 N–H and O–H groups in total. The molecule has 13 heavy (non-hydrogen) atoms. The van der Waals surface area contributed by atoms with Crippen molar-refractivity contribution in [3.8, 4) is 0 Å². The molecule has 0 fully saturated rings. The van der Waals surface area contributed by atoms with Crippen molar-refractivity contribution in [2.24, 2.45) is 0 Å². The second-order valence-corrected chi connectivity index (χ2v) is 3.05. The smallest absolute Gasteiger partial charge is 0.162 e. The van der Waals surface area contributed by atoms with Gasteiger partial charge in [0, 0.05) is 12.0 Å². The predicted molar refractivity (Wildman–Crippen MR) is 55.8 cm³/mol. The molecule has 0 unspecified atom stereocenters. The van der Waals surface area contributed by atoms with Crippen LogP contribution >= 0.6 is 0 Å². The monoisotopic (exact) mass is 172 g/mol. The molecule has 0 atom stereocenters. The topological polar surface area (TPSA) is 17.1 Å². The quantitative estimate of drug-likeness (QED) is 0.500. The van der Waals surface area contributed by atoms with Gasteiger partial charge in [0.25, 0.3) is 0 Å². The van der Waals surface area contributed by atoms with Crippen LogP contribution in [0.25, 0.3) is 0 Å². The van der Waals surface area contributed by atoms with E-state index in [9.17, 15) is 4.79 Å². The van der Waals surface area contributed by atoms with Gasteiger partial charge in [0.1, 0.15) is 7.85 Å². The largest absolute Gasteiger partial charge is 0.294 e. The van der Waals surface area contributed by atoms with Gasteiger partial charge in [-0.15, -0.1) is 0 Å². The van der Waals surface area contributed by atoms with Crippen LogP contribution in [0.4, 0.5) is 0 Å². The number of carbonyl (C=O) groups is 1. The minimum Gasteiger partial charge on any atom is -0.294 e. The molecule has 2 radical (unpaired) electrons. The molecule has 0 aromatic heterocycles. The first-order chi connectivity index (χ1) is 6.19. The Kier molecular flexibility index (Phi) is 3.29. The molecule has 0 aliphatic rings. The molecule has 2 heteroatoms. The van der Waals surface area contributed by atoms with E-state index >= 15 is 0 Å². The van der Waals surface area contributed by atoms with Crippen molar-refractivity contribution in [2.45, 2.75) is 26.7 Å². The maximum atomic E-state index is 11.5. The van der Waals surface area contributed by atoms with Gasteiger partial charge >= 0.3 is 0 Å². The van der Waals surface area contributed by atoms with Gasteiger partial charge in [0.2, 0.25) is 0 Å². The molecule has 0 heterocycles. The lowest BCUT2D eigenvalue weighted by Gasteiger charge is -2.06. The lowest BCUT2D eigenvalue weighted by molar-refractivity contribution is 0.0987. The first kappa shape index (κ1) is 10.0. The molecule has 1 aromatic carbocycles. The van der Waals surface area contributed by atoms with E-state index in [2.05, 4.69) is 0 Å². The van der Waals surface area contributed by atoms with Crippen LogP contribution in [0.5, 0.6) is 0 Å². The molecule has 0 aliphatic heterocycles. The van der Waals surface area contributed by atoms with Crippen molar-refractivity contribution in [1.29, 1.82) is 0 Å². The number of benzene rings is 1. The lowest BCUT2D eigenvalue weighted by atomic mass is 9.89. The number of aryl methyl sites for hydroxylation is 1. The number of carbonyl (C=O) groups excluding carboxylic acids is 1. The third kappa shape index (κ3) is 2.21. The van der Waals surface area contributed by atoms with Gasteiger partial charge in [0.15, 0.2) is 5.78 Å². The van der Waals surface area contributed by atoms with Gasteiger partial charge in [-0.05, 0) is 12.0 Å². The van der Waals surface area contributed by atoms with Crippen LogP contribution < -0.4 is 5.46 Å². The Balaban J connectivity index is 3.13. The summed E-state index contributed by atoms with van der Waals surface area (Å²) in [6, 6.07) is 5.48. The average molecular weight is 172 g/mol. The SMILES string of the molecule is [B]c1ccc(C(=O)CC)c(CC)c1. The van der Waals surface area contributed by atoms with E-state index in [-0.39, 0.29) is 5.78 Å². The third-order valence-corrected chi connectivity index (χ3v) is 2.13. The van der Waals surface area contributed by atoms with E-state index in [0.717, 1.165) is 23.0 Å². The predicted octanol–water partition coefficient (Wildman–Crippen LogP) is 1.64. The van der Waals surface area contributed by atoms with Crippen LogP contribution in [0, 0.1) is 0 Å². The first-order valence-corrected chi connectivity index (χ1v) is 4.60. The van der Waals surface area contributed by atoms with Crippen LogP contribution in [0.2, 0.25) is 0 Å². The van der Waals surface area contributed by atoms with Crippen molar-refractivity contribution >= 4 is 19.1 Å². The second-order valence-electron chi connectivity index (χ2n) is 3.05. The van der Waals surface area contributed by atoms with Crippen molar-refractivity contribution in [2.75, 3.05) is 0 Å². The number of hydrogen-bond donors (Lipinski definition) is 0. The lowest BCUT2D eigenvalue weighted by Crippen LogP contribution is -2.09. The van der Waals surface area contributed by atoms with E-state index in [1.807, 2.05) is 26.0 Å². The molecule has 66 valence electrons. The number of Topliss-reactive ketones (excluding diaryl/α,β-unsaturated/α-hetero) is 1.